The van der Waals surface area contributed by atoms with E-state index in [0.717, 1.165) is 0 Å². The van der Waals surface area contributed by atoms with Gasteiger partial charge in [-0.2, -0.15) is 0 Å². The van der Waals surface area contributed by atoms with Crippen LogP contribution >= 0.6 is 0 Å². The predicted octanol–water partition coefficient (Wildman–Crippen LogP) is 2.00. The van der Waals surface area contributed by atoms with Gasteiger partial charge in [-0.05, 0) is 6.92 Å². The summed E-state index contributed by atoms with van der Waals surface area (Å²) in [6.07, 6.45) is 1.29. The molecule has 0 rings (SSSR count). The van der Waals surface area contributed by atoms with Crippen LogP contribution in [0.5, 0.6) is 0 Å². The van der Waals surface area contributed by atoms with E-state index in [-0.39, 0.29) is 0 Å². The van der Waals surface area contributed by atoms with Crippen LogP contribution in [0.25, 0.3) is 0 Å². The molecule has 0 aromatic rings. The third-order valence-corrected chi connectivity index (χ3v) is 1.17. The van der Waals surface area contributed by atoms with Crippen molar-refractivity contribution in [3.05, 3.63) is 25.0 Å². The van der Waals surface area contributed by atoms with E-state index in [4.69, 9.17) is 9.47 Å². The van der Waals surface area contributed by atoms with Gasteiger partial charge < -0.3 is 9.47 Å². The van der Waals surface area contributed by atoms with Gasteiger partial charge in [-0.1, -0.05) is 20.1 Å². The fourth-order valence-corrected chi connectivity index (χ4v) is 0.535. The van der Waals surface area contributed by atoms with Crippen LogP contribution in [0.3, 0.4) is 0 Å². The van der Waals surface area contributed by atoms with Gasteiger partial charge in [0.2, 0.25) is 6.29 Å². The molecular formula is C9H14O3. The number of rotatable bonds is 5. The molecule has 0 aromatic carbocycles. The SMILES string of the molecule is C=COC(CC)OC(=O)C(=C)C. The molecule has 0 aliphatic rings. The van der Waals surface area contributed by atoms with Gasteiger partial charge in [0.05, 0.1) is 6.26 Å². The normalized spacial score (nSPS) is 11.5. The molecule has 1 atom stereocenters. The quantitative estimate of drug-likeness (QED) is 0.274. The standard InChI is InChI=1S/C9H14O3/c1-5-8(11-6-2)12-9(10)7(3)4/h6,8H,2-3,5H2,1,4H3. The molecule has 0 saturated carbocycles. The summed E-state index contributed by atoms with van der Waals surface area (Å²) in [4.78, 5) is 11.0. The minimum Gasteiger partial charge on any atom is -0.463 e. The van der Waals surface area contributed by atoms with Crippen molar-refractivity contribution in [1.82, 2.24) is 0 Å². The Kier molecular flexibility index (Phi) is 4.84. The molecular weight excluding hydrogens is 156 g/mol. The molecule has 0 N–H and O–H groups in total. The van der Waals surface area contributed by atoms with E-state index >= 15 is 0 Å². The maximum Gasteiger partial charge on any atom is 0.336 e. The van der Waals surface area contributed by atoms with E-state index in [9.17, 15) is 4.79 Å². The Morgan fingerprint density at radius 2 is 2.25 bits per heavy atom. The molecule has 68 valence electrons. The van der Waals surface area contributed by atoms with Gasteiger partial charge in [0, 0.05) is 12.0 Å². The van der Waals surface area contributed by atoms with E-state index in [1.54, 1.807) is 6.92 Å². The summed E-state index contributed by atoms with van der Waals surface area (Å²) in [7, 11) is 0. The minimum absolute atomic E-state index is 0.362. The molecule has 0 spiro atoms. The van der Waals surface area contributed by atoms with Gasteiger partial charge >= 0.3 is 5.97 Å². The Morgan fingerprint density at radius 3 is 2.58 bits per heavy atom. The molecule has 1 unspecified atom stereocenters. The molecule has 0 heterocycles. The van der Waals surface area contributed by atoms with Crippen molar-refractivity contribution in [3.63, 3.8) is 0 Å². The van der Waals surface area contributed by atoms with Crippen LogP contribution in [0.4, 0.5) is 0 Å². The summed E-state index contributed by atoms with van der Waals surface area (Å²) in [5.41, 5.74) is 0.362. The number of ether oxygens (including phenoxy) is 2. The lowest BCUT2D eigenvalue weighted by atomic mass is 10.3. The average molecular weight is 170 g/mol. The summed E-state index contributed by atoms with van der Waals surface area (Å²) in [6.45, 7) is 10.2. The van der Waals surface area contributed by atoms with E-state index in [1.165, 1.54) is 6.26 Å². The number of hydrogen-bond acceptors (Lipinski definition) is 3. The van der Waals surface area contributed by atoms with Crippen LogP contribution in [-0.4, -0.2) is 12.3 Å². The van der Waals surface area contributed by atoms with Crippen LogP contribution in [0.2, 0.25) is 0 Å². The second-order valence-corrected chi connectivity index (χ2v) is 2.33. The number of carbonyl (C=O) groups excluding carboxylic acids is 1. The maximum atomic E-state index is 11.0. The van der Waals surface area contributed by atoms with Crippen molar-refractivity contribution < 1.29 is 14.3 Å². The highest BCUT2D eigenvalue weighted by Gasteiger charge is 2.11. The smallest absolute Gasteiger partial charge is 0.336 e. The first-order valence-corrected chi connectivity index (χ1v) is 3.74. The number of hydrogen-bond donors (Lipinski definition) is 0. The van der Waals surface area contributed by atoms with Crippen molar-refractivity contribution in [3.8, 4) is 0 Å². The third-order valence-electron chi connectivity index (χ3n) is 1.17. The summed E-state index contributed by atoms with van der Waals surface area (Å²) in [5, 5.41) is 0. The van der Waals surface area contributed by atoms with E-state index in [2.05, 4.69) is 13.2 Å². The monoisotopic (exact) mass is 170 g/mol. The van der Waals surface area contributed by atoms with Crippen molar-refractivity contribution in [1.29, 1.82) is 0 Å². The van der Waals surface area contributed by atoms with Crippen LogP contribution in [0, 0.1) is 0 Å². The Hall–Kier alpha value is -1.25. The Morgan fingerprint density at radius 1 is 1.67 bits per heavy atom. The van der Waals surface area contributed by atoms with E-state index in [0.29, 0.717) is 12.0 Å². The fourth-order valence-electron chi connectivity index (χ4n) is 0.535. The molecule has 0 aromatic heterocycles. The van der Waals surface area contributed by atoms with Gasteiger partial charge in [0.1, 0.15) is 0 Å². The van der Waals surface area contributed by atoms with Crippen LogP contribution in [0.15, 0.2) is 25.0 Å². The zero-order valence-corrected chi connectivity index (χ0v) is 7.50. The topological polar surface area (TPSA) is 35.5 Å². The summed E-state index contributed by atoms with van der Waals surface area (Å²) < 4.78 is 9.76. The van der Waals surface area contributed by atoms with Crippen molar-refractivity contribution in [2.24, 2.45) is 0 Å². The summed E-state index contributed by atoms with van der Waals surface area (Å²) in [5.74, 6) is -0.441. The molecule has 3 heteroatoms. The first kappa shape index (κ1) is 10.8. The van der Waals surface area contributed by atoms with Gasteiger partial charge in [0.15, 0.2) is 0 Å². The molecule has 0 fully saturated rings. The van der Waals surface area contributed by atoms with E-state index in [1.807, 2.05) is 6.92 Å². The Balaban J connectivity index is 3.93. The average Bonchev–Trinajstić information content (AvgIpc) is 2.03. The molecule has 0 bridgehead atoms. The largest absolute Gasteiger partial charge is 0.463 e. The second-order valence-electron chi connectivity index (χ2n) is 2.33. The zero-order valence-electron chi connectivity index (χ0n) is 7.50. The zero-order chi connectivity index (χ0) is 9.56. The van der Waals surface area contributed by atoms with E-state index < -0.39 is 12.3 Å². The highest BCUT2D eigenvalue weighted by atomic mass is 16.7. The molecule has 3 nitrogen and oxygen atoms in total. The molecule has 0 saturated heterocycles. The lowest BCUT2D eigenvalue weighted by Gasteiger charge is -2.14. The van der Waals surface area contributed by atoms with Crippen LogP contribution in [-0.2, 0) is 14.3 Å². The lowest BCUT2D eigenvalue weighted by molar-refractivity contribution is -0.164. The molecule has 12 heavy (non-hydrogen) atoms. The van der Waals surface area contributed by atoms with Crippen molar-refractivity contribution in [2.45, 2.75) is 26.6 Å². The van der Waals surface area contributed by atoms with Crippen LogP contribution < -0.4 is 0 Å². The highest BCUT2D eigenvalue weighted by Crippen LogP contribution is 2.03. The first-order chi connectivity index (χ1) is 5.61. The van der Waals surface area contributed by atoms with Gasteiger partial charge in [-0.25, -0.2) is 4.79 Å². The van der Waals surface area contributed by atoms with Crippen molar-refractivity contribution in [2.75, 3.05) is 0 Å². The first-order valence-electron chi connectivity index (χ1n) is 3.74. The predicted molar refractivity (Wildman–Crippen MR) is 46.3 cm³/mol. The van der Waals surface area contributed by atoms with Gasteiger partial charge in [-0.15, -0.1) is 0 Å². The molecule has 0 radical (unpaired) electrons. The highest BCUT2D eigenvalue weighted by molar-refractivity contribution is 5.86. The molecule has 0 aliphatic heterocycles. The van der Waals surface area contributed by atoms with Gasteiger partial charge in [-0.3, -0.25) is 0 Å². The van der Waals surface area contributed by atoms with Crippen LogP contribution in [0.1, 0.15) is 20.3 Å². The summed E-state index contributed by atoms with van der Waals surface area (Å²) in [6, 6.07) is 0. The Bertz CT molecular complexity index is 184. The Labute approximate surface area is 72.7 Å². The molecule has 0 amide bonds. The number of esters is 1. The minimum atomic E-state index is -0.549. The number of carbonyl (C=O) groups is 1. The second kappa shape index (κ2) is 5.41. The molecule has 0 aliphatic carbocycles. The lowest BCUT2D eigenvalue weighted by Crippen LogP contribution is -2.18. The fraction of sp³-hybridized carbons (Fsp3) is 0.444. The maximum absolute atomic E-state index is 11.0. The van der Waals surface area contributed by atoms with Gasteiger partial charge in [0.25, 0.3) is 0 Å². The van der Waals surface area contributed by atoms with Crippen molar-refractivity contribution >= 4 is 5.97 Å². The summed E-state index contributed by atoms with van der Waals surface area (Å²) >= 11 is 0. The third kappa shape index (κ3) is 3.81.